The molecule has 71 valence electrons. The van der Waals surface area contributed by atoms with E-state index in [-0.39, 0.29) is 12.4 Å². The number of halogens is 1. The average molecular weight is 232 g/mol. The van der Waals surface area contributed by atoms with Crippen molar-refractivity contribution in [1.82, 2.24) is 0 Å². The van der Waals surface area contributed by atoms with E-state index < -0.39 is 0 Å². The van der Waals surface area contributed by atoms with Crippen LogP contribution in [0.1, 0.15) is 16.7 Å². The molecule has 13 heavy (non-hydrogen) atoms. The molecule has 0 N–H and O–H groups in total. The van der Waals surface area contributed by atoms with Crippen LogP contribution in [0.2, 0.25) is 0 Å². The summed E-state index contributed by atoms with van der Waals surface area (Å²) < 4.78 is 8.17. The Balaban J connectivity index is 0. The first-order chi connectivity index (χ1) is 5.63. The second-order valence-corrected chi connectivity index (χ2v) is 3.34. The molecule has 0 bridgehead atoms. The fourth-order valence-corrected chi connectivity index (χ4v) is 1.29. The molecule has 1 atom stereocenters. The Morgan fingerprint density at radius 3 is 1.92 bits per heavy atom. The first-order valence-corrected chi connectivity index (χ1v) is 4.73. The van der Waals surface area contributed by atoms with Gasteiger partial charge in [0.2, 0.25) is 0 Å². The second kappa shape index (κ2) is 7.66. The van der Waals surface area contributed by atoms with Gasteiger partial charge in [-0.15, -0.1) is 21.6 Å². The zero-order chi connectivity index (χ0) is 9.72. The zero-order valence-electron chi connectivity index (χ0n) is 8.13. The predicted molar refractivity (Wildman–Crippen MR) is 63.7 cm³/mol. The van der Waals surface area contributed by atoms with Crippen LogP contribution in [-0.2, 0) is 3.80 Å². The third kappa shape index (κ3) is 4.34. The molecule has 0 saturated carbocycles. The van der Waals surface area contributed by atoms with Gasteiger partial charge in [-0.1, -0.05) is 12.1 Å². The van der Waals surface area contributed by atoms with Crippen molar-refractivity contribution in [3.8, 4) is 0 Å². The van der Waals surface area contributed by atoms with Gasteiger partial charge in [0.15, 0.2) is 0 Å². The van der Waals surface area contributed by atoms with Crippen LogP contribution in [0.3, 0.4) is 0 Å². The number of benzene rings is 1. The summed E-state index contributed by atoms with van der Waals surface area (Å²) >= 11 is 1.17. The standard InChI is InChI=1S/C9H13P.Al.ClH.O/c1-6-4-5-9(10)8(3)7(6)2;;;/h4-5H,10H2,1-3H3;;1H;. The zero-order valence-corrected chi connectivity index (χ0v) is 11.3. The van der Waals surface area contributed by atoms with Crippen molar-refractivity contribution >= 4 is 43.2 Å². The summed E-state index contributed by atoms with van der Waals surface area (Å²) in [5, 5.41) is 1.31. The molecule has 1 unspecified atom stereocenters. The third-order valence-corrected chi connectivity index (χ3v) is 2.73. The molecule has 1 aromatic carbocycles. The monoisotopic (exact) mass is 231 g/mol. The summed E-state index contributed by atoms with van der Waals surface area (Å²) in [5.74, 6) is 0. The Labute approximate surface area is 96.6 Å². The van der Waals surface area contributed by atoms with E-state index in [1.165, 1.54) is 38.2 Å². The molecule has 0 heterocycles. The van der Waals surface area contributed by atoms with Crippen LogP contribution in [0.4, 0.5) is 0 Å². The summed E-state index contributed by atoms with van der Waals surface area (Å²) in [7, 11) is 2.74. The van der Waals surface area contributed by atoms with Crippen molar-refractivity contribution in [3.05, 3.63) is 28.8 Å². The molecule has 4 heteroatoms. The van der Waals surface area contributed by atoms with E-state index >= 15 is 0 Å². The molecule has 0 saturated heterocycles. The van der Waals surface area contributed by atoms with Crippen LogP contribution in [0.5, 0.6) is 0 Å². The molecule has 1 aromatic rings. The van der Waals surface area contributed by atoms with Crippen LogP contribution in [0.15, 0.2) is 12.1 Å². The Morgan fingerprint density at radius 2 is 1.54 bits per heavy atom. The third-order valence-electron chi connectivity index (χ3n) is 2.10. The molecule has 0 aliphatic carbocycles. The van der Waals surface area contributed by atoms with E-state index in [0.717, 1.165) is 0 Å². The summed E-state index contributed by atoms with van der Waals surface area (Å²) in [6, 6.07) is 4.30. The predicted octanol–water partition coefficient (Wildman–Crippen LogP) is 2.03. The average Bonchev–Trinajstić information content (AvgIpc) is 2.12. The van der Waals surface area contributed by atoms with E-state index in [4.69, 9.17) is 3.80 Å². The molecule has 0 aliphatic heterocycles. The minimum absolute atomic E-state index is 0. The fraction of sp³-hybridized carbons (Fsp3) is 0.333. The minimum atomic E-state index is 0. The van der Waals surface area contributed by atoms with E-state index in [2.05, 4.69) is 42.1 Å². The molecular formula is C9H14AlClOP. The van der Waals surface area contributed by atoms with Gasteiger partial charge in [-0.05, 0) is 42.8 Å². The van der Waals surface area contributed by atoms with Crippen molar-refractivity contribution in [2.24, 2.45) is 0 Å². The molecule has 0 aliphatic rings. The topological polar surface area (TPSA) is 17.1 Å². The van der Waals surface area contributed by atoms with Gasteiger partial charge in [0.05, 0.1) is 0 Å². The maximum atomic E-state index is 8.17. The van der Waals surface area contributed by atoms with Crippen molar-refractivity contribution in [3.63, 3.8) is 0 Å². The molecule has 0 fully saturated rings. The van der Waals surface area contributed by atoms with Crippen LogP contribution < -0.4 is 5.30 Å². The maximum absolute atomic E-state index is 8.17. The van der Waals surface area contributed by atoms with Gasteiger partial charge in [0.25, 0.3) is 0 Å². The van der Waals surface area contributed by atoms with Gasteiger partial charge < -0.3 is 0 Å². The van der Waals surface area contributed by atoms with E-state index in [9.17, 15) is 0 Å². The first kappa shape index (κ1) is 15.7. The summed E-state index contributed by atoms with van der Waals surface area (Å²) in [5.41, 5.74) is 4.18. The molecule has 0 amide bonds. The molecule has 1 rings (SSSR count). The van der Waals surface area contributed by atoms with Gasteiger partial charge >= 0.3 is 20.0 Å². The number of hydrogen-bond donors (Lipinski definition) is 0. The number of hydrogen-bond acceptors (Lipinski definition) is 1. The fourth-order valence-electron chi connectivity index (χ4n) is 0.977. The first-order valence-electron chi connectivity index (χ1n) is 3.69. The molecular weight excluding hydrogens is 218 g/mol. The number of rotatable bonds is 0. The van der Waals surface area contributed by atoms with Crippen LogP contribution in [-0.4, -0.2) is 16.2 Å². The number of aryl methyl sites for hydroxylation is 1. The molecule has 0 aromatic heterocycles. The Kier molecular flexibility index (Phi) is 9.26. The van der Waals surface area contributed by atoms with Gasteiger partial charge in [0, 0.05) is 0 Å². The van der Waals surface area contributed by atoms with E-state index in [1.807, 2.05) is 0 Å². The Morgan fingerprint density at radius 1 is 1.08 bits per heavy atom. The Hall–Kier alpha value is 0.272. The Bertz CT molecular complexity index is 252. The van der Waals surface area contributed by atoms with Crippen LogP contribution in [0, 0.1) is 20.8 Å². The van der Waals surface area contributed by atoms with E-state index in [0.29, 0.717) is 0 Å². The van der Waals surface area contributed by atoms with Crippen molar-refractivity contribution in [2.45, 2.75) is 20.8 Å². The molecule has 0 spiro atoms. The van der Waals surface area contributed by atoms with Gasteiger partial charge in [0.1, 0.15) is 0 Å². The van der Waals surface area contributed by atoms with Crippen LogP contribution >= 0.6 is 21.6 Å². The van der Waals surface area contributed by atoms with E-state index in [1.54, 1.807) is 0 Å². The second-order valence-electron chi connectivity index (χ2n) is 2.72. The van der Waals surface area contributed by atoms with Gasteiger partial charge in [-0.3, -0.25) is 0 Å². The van der Waals surface area contributed by atoms with Crippen molar-refractivity contribution in [1.29, 1.82) is 0 Å². The van der Waals surface area contributed by atoms with Gasteiger partial charge in [-0.2, -0.15) is 0 Å². The quantitative estimate of drug-likeness (QED) is 0.493. The summed E-state index contributed by atoms with van der Waals surface area (Å²) in [4.78, 5) is 0. The van der Waals surface area contributed by atoms with Crippen LogP contribution in [0.25, 0.3) is 0 Å². The summed E-state index contributed by atoms with van der Waals surface area (Å²) in [6.45, 7) is 6.47. The normalized spacial score (nSPS) is 7.92. The van der Waals surface area contributed by atoms with Gasteiger partial charge in [-0.25, -0.2) is 0 Å². The summed E-state index contributed by atoms with van der Waals surface area (Å²) in [6.07, 6.45) is 0. The molecule has 1 radical (unpaired) electrons. The SMILES string of the molecule is Cc1ccc(P)c(C)c1C.Cl.[O]=[Al]. The molecule has 1 nitrogen and oxygen atoms in total. The van der Waals surface area contributed by atoms with Crippen molar-refractivity contribution in [2.75, 3.05) is 0 Å². The van der Waals surface area contributed by atoms with Crippen molar-refractivity contribution < 1.29 is 3.80 Å².